The average molecular weight is 498 g/mol. The number of hydrogen-bond acceptors (Lipinski definition) is 7. The Morgan fingerprint density at radius 3 is 2.40 bits per heavy atom. The number of carbonyl (C=O) groups excluding carboxylic acids is 1. The third-order valence-corrected chi connectivity index (χ3v) is 7.80. The molecule has 1 aliphatic carbocycles. The molecule has 186 valence electrons. The van der Waals surface area contributed by atoms with E-state index in [0.29, 0.717) is 33.8 Å². The molecule has 1 saturated carbocycles. The predicted octanol–water partition coefficient (Wildman–Crippen LogP) is 3.82. The summed E-state index contributed by atoms with van der Waals surface area (Å²) in [5.74, 6) is 1.32. The van der Waals surface area contributed by atoms with Gasteiger partial charge in [-0.15, -0.1) is 0 Å². The Kier molecular flexibility index (Phi) is 6.94. The molecule has 0 unspecified atom stereocenters. The van der Waals surface area contributed by atoms with Crippen molar-refractivity contribution < 1.29 is 14.6 Å². The molecular weight excluding hydrogens is 466 g/mol. The van der Waals surface area contributed by atoms with E-state index in [1.54, 1.807) is 30.6 Å². The summed E-state index contributed by atoms with van der Waals surface area (Å²) in [4.78, 5) is 24.0. The monoisotopic (exact) mass is 497 g/mol. The summed E-state index contributed by atoms with van der Waals surface area (Å²) >= 11 is 6.17. The van der Waals surface area contributed by atoms with Gasteiger partial charge < -0.3 is 20.1 Å². The van der Waals surface area contributed by atoms with Crippen molar-refractivity contribution in [1.82, 2.24) is 15.3 Å². The van der Waals surface area contributed by atoms with Gasteiger partial charge in [-0.25, -0.2) is 9.97 Å². The van der Waals surface area contributed by atoms with Crippen LogP contribution < -0.4 is 15.0 Å². The fourth-order valence-corrected chi connectivity index (χ4v) is 5.94. The number of ether oxygens (including phenoxy) is 1. The third-order valence-electron chi connectivity index (χ3n) is 7.49. The van der Waals surface area contributed by atoms with Crippen LogP contribution in [-0.2, 0) is 0 Å². The zero-order valence-electron chi connectivity index (χ0n) is 20.6. The molecule has 9 heteroatoms. The van der Waals surface area contributed by atoms with Gasteiger partial charge in [-0.3, -0.25) is 4.79 Å². The maximum absolute atomic E-state index is 13.1. The van der Waals surface area contributed by atoms with Crippen LogP contribution in [-0.4, -0.2) is 52.8 Å². The summed E-state index contributed by atoms with van der Waals surface area (Å²) in [5, 5.41) is 21.9. The van der Waals surface area contributed by atoms with Gasteiger partial charge in [0.15, 0.2) is 0 Å². The van der Waals surface area contributed by atoms with Crippen LogP contribution in [0.25, 0.3) is 0 Å². The van der Waals surface area contributed by atoms with Crippen LogP contribution in [0.2, 0.25) is 5.02 Å². The smallest absolute Gasteiger partial charge is 0.254 e. The van der Waals surface area contributed by atoms with Gasteiger partial charge in [0, 0.05) is 55.0 Å². The number of amides is 1. The fraction of sp³-hybridized carbons (Fsp3) is 0.538. The van der Waals surface area contributed by atoms with Crippen molar-refractivity contribution in [3.8, 4) is 11.8 Å². The third kappa shape index (κ3) is 4.80. The number of carbonyl (C=O) groups is 1. The highest BCUT2D eigenvalue weighted by atomic mass is 35.5. The summed E-state index contributed by atoms with van der Waals surface area (Å²) in [6.45, 7) is 10.1. The van der Waals surface area contributed by atoms with Crippen molar-refractivity contribution >= 4 is 23.5 Å². The van der Waals surface area contributed by atoms with Crippen molar-refractivity contribution in [3.63, 3.8) is 0 Å². The lowest BCUT2D eigenvalue weighted by Crippen LogP contribution is -2.74. The molecule has 1 aliphatic heterocycles. The number of nitrogens with zero attached hydrogens (tertiary/aromatic N) is 4. The number of nitriles is 1. The highest BCUT2D eigenvalue weighted by Crippen LogP contribution is 2.55. The first-order valence-corrected chi connectivity index (χ1v) is 12.3. The summed E-state index contributed by atoms with van der Waals surface area (Å²) in [6.07, 6.45) is 4.78. The second-order valence-corrected chi connectivity index (χ2v) is 11.1. The first kappa shape index (κ1) is 25.2. The molecular formula is C26H32ClN5O3. The van der Waals surface area contributed by atoms with Gasteiger partial charge in [0.2, 0.25) is 5.95 Å². The van der Waals surface area contributed by atoms with Gasteiger partial charge in [-0.1, -0.05) is 39.3 Å². The lowest BCUT2D eigenvalue weighted by Gasteiger charge is -2.63. The summed E-state index contributed by atoms with van der Waals surface area (Å²) in [6, 6.07) is 6.96. The van der Waals surface area contributed by atoms with E-state index in [2.05, 4.69) is 47.9 Å². The van der Waals surface area contributed by atoms with E-state index < -0.39 is 0 Å². The molecule has 2 heterocycles. The summed E-state index contributed by atoms with van der Waals surface area (Å²) < 4.78 is 6.29. The maximum atomic E-state index is 13.1. The van der Waals surface area contributed by atoms with Crippen LogP contribution >= 0.6 is 11.6 Å². The highest BCUT2D eigenvalue weighted by Gasteiger charge is 2.64. The van der Waals surface area contributed by atoms with Crippen LogP contribution in [0, 0.1) is 28.1 Å². The van der Waals surface area contributed by atoms with E-state index in [9.17, 15) is 9.90 Å². The topological polar surface area (TPSA) is 111 Å². The molecule has 2 aliphatic rings. The van der Waals surface area contributed by atoms with Crippen molar-refractivity contribution in [1.29, 1.82) is 5.26 Å². The minimum Gasteiger partial charge on any atom is -0.489 e. The lowest BCUT2D eigenvalue weighted by atomic mass is 9.49. The second-order valence-electron chi connectivity index (χ2n) is 10.7. The van der Waals surface area contributed by atoms with Gasteiger partial charge in [0.25, 0.3) is 5.91 Å². The zero-order chi connectivity index (χ0) is 25.4. The van der Waals surface area contributed by atoms with E-state index in [4.69, 9.17) is 21.6 Å². The minimum atomic E-state index is -0.350. The Balaban J connectivity index is 1.40. The quantitative estimate of drug-likeness (QED) is 0.623. The SMILES string of the molecule is CC1(C)C(NC(=O)c2cnc(N3CCC(CO)CC3)nc2)C(C)(C)C1Oc1ccc(C#N)c(Cl)c1. The first-order chi connectivity index (χ1) is 16.6. The van der Waals surface area contributed by atoms with Crippen LogP contribution in [0.1, 0.15) is 56.5 Å². The van der Waals surface area contributed by atoms with Crippen molar-refractivity contribution in [2.75, 3.05) is 24.6 Å². The van der Waals surface area contributed by atoms with E-state index in [1.807, 2.05) is 6.07 Å². The van der Waals surface area contributed by atoms with E-state index in [0.717, 1.165) is 25.9 Å². The standard InChI is InChI=1S/C26H32ClN5O3/c1-25(2)22(26(3,4)23(25)35-19-6-5-17(12-28)20(27)11-19)31-21(34)18-13-29-24(30-14-18)32-9-7-16(15-33)8-10-32/h5-6,11,13-14,16,22-23,33H,7-10,15H2,1-4H3,(H,31,34). The van der Waals surface area contributed by atoms with Gasteiger partial charge in [-0.2, -0.15) is 5.26 Å². The average Bonchev–Trinajstić information content (AvgIpc) is 2.85. The molecule has 8 nitrogen and oxygen atoms in total. The van der Waals surface area contributed by atoms with Gasteiger partial charge in [0.05, 0.1) is 16.1 Å². The zero-order valence-corrected chi connectivity index (χ0v) is 21.3. The largest absolute Gasteiger partial charge is 0.489 e. The number of halogens is 1. The first-order valence-electron chi connectivity index (χ1n) is 11.9. The van der Waals surface area contributed by atoms with Crippen molar-refractivity contribution in [3.05, 3.63) is 46.7 Å². The number of aromatic nitrogens is 2. The predicted molar refractivity (Wildman–Crippen MR) is 133 cm³/mol. The summed E-state index contributed by atoms with van der Waals surface area (Å²) in [5.41, 5.74) is 0.113. The van der Waals surface area contributed by atoms with E-state index >= 15 is 0 Å². The Labute approximate surface area is 211 Å². The number of aliphatic hydroxyl groups excluding tert-OH is 1. The van der Waals surface area contributed by atoms with Crippen LogP contribution in [0.5, 0.6) is 5.75 Å². The number of aliphatic hydroxyl groups is 1. The fourth-order valence-electron chi connectivity index (χ4n) is 5.73. The van der Waals surface area contributed by atoms with Crippen molar-refractivity contribution in [2.24, 2.45) is 16.7 Å². The summed E-state index contributed by atoms with van der Waals surface area (Å²) in [7, 11) is 0. The van der Waals surface area contributed by atoms with E-state index in [1.165, 1.54) is 0 Å². The van der Waals surface area contributed by atoms with Gasteiger partial charge in [0.1, 0.15) is 17.9 Å². The molecule has 2 N–H and O–H groups in total. The molecule has 2 fully saturated rings. The van der Waals surface area contributed by atoms with Gasteiger partial charge in [-0.05, 0) is 30.9 Å². The molecule has 0 atom stereocenters. The Bertz CT molecular complexity index is 1100. The van der Waals surface area contributed by atoms with Crippen molar-refractivity contribution in [2.45, 2.75) is 52.7 Å². The number of rotatable bonds is 6. The molecule has 1 amide bonds. The molecule has 0 bridgehead atoms. The van der Waals surface area contributed by atoms with E-state index in [-0.39, 0.29) is 35.5 Å². The molecule has 0 spiro atoms. The Morgan fingerprint density at radius 1 is 1.23 bits per heavy atom. The lowest BCUT2D eigenvalue weighted by molar-refractivity contribution is -0.164. The number of anilines is 1. The number of nitrogens with one attached hydrogen (secondary N) is 1. The van der Waals surface area contributed by atoms with Crippen LogP contribution in [0.4, 0.5) is 5.95 Å². The Hall–Kier alpha value is -2.89. The molecule has 1 aromatic carbocycles. The minimum absolute atomic E-state index is 0.140. The molecule has 2 aromatic rings. The molecule has 1 aromatic heterocycles. The Morgan fingerprint density at radius 2 is 1.86 bits per heavy atom. The molecule has 4 rings (SSSR count). The normalized spacial score (nSPS) is 23.2. The van der Waals surface area contributed by atoms with Gasteiger partial charge >= 0.3 is 0 Å². The number of piperidine rings is 1. The van der Waals surface area contributed by atoms with Crippen LogP contribution in [0.15, 0.2) is 30.6 Å². The van der Waals surface area contributed by atoms with Crippen LogP contribution in [0.3, 0.4) is 0 Å². The molecule has 1 saturated heterocycles. The molecule has 35 heavy (non-hydrogen) atoms. The number of hydrogen-bond donors (Lipinski definition) is 2. The maximum Gasteiger partial charge on any atom is 0.254 e. The number of benzene rings is 1. The highest BCUT2D eigenvalue weighted by molar-refractivity contribution is 6.31. The second kappa shape index (κ2) is 9.63. The molecule has 0 radical (unpaired) electrons.